The van der Waals surface area contributed by atoms with Crippen LogP contribution >= 0.6 is 12.4 Å². The van der Waals surface area contributed by atoms with Crippen molar-refractivity contribution in [1.82, 2.24) is 15.5 Å². The molecular weight excluding hydrogens is 333 g/mol. The van der Waals surface area contributed by atoms with E-state index in [0.717, 1.165) is 25.8 Å². The summed E-state index contributed by atoms with van der Waals surface area (Å²) in [5.74, 6) is -0.655. The van der Waals surface area contributed by atoms with E-state index in [1.54, 1.807) is 4.90 Å². The van der Waals surface area contributed by atoms with Gasteiger partial charge in [0.25, 0.3) is 5.91 Å². The van der Waals surface area contributed by atoms with E-state index in [2.05, 4.69) is 10.6 Å². The van der Waals surface area contributed by atoms with Gasteiger partial charge in [0.1, 0.15) is 5.82 Å². The number of halogens is 2. The number of likely N-dealkylation sites (tertiary alicyclic amines) is 1. The van der Waals surface area contributed by atoms with E-state index >= 15 is 0 Å². The molecule has 7 heteroatoms. The maximum absolute atomic E-state index is 13.0. The first-order valence-electron chi connectivity index (χ1n) is 8.09. The zero-order valence-corrected chi connectivity index (χ0v) is 14.7. The fourth-order valence-corrected chi connectivity index (χ4v) is 2.77. The number of carbonyl (C=O) groups excluding carboxylic acids is 2. The Morgan fingerprint density at radius 1 is 1.25 bits per heavy atom. The predicted molar refractivity (Wildman–Crippen MR) is 93.8 cm³/mol. The summed E-state index contributed by atoms with van der Waals surface area (Å²) in [5, 5.41) is 5.96. The SMILES string of the molecule is CNCCCNC(=O)C1CCCN(C(=O)c2ccc(F)cc2)C1.Cl. The number of nitrogens with one attached hydrogen (secondary N) is 2. The summed E-state index contributed by atoms with van der Waals surface area (Å²) in [4.78, 5) is 26.3. The van der Waals surface area contributed by atoms with Crippen LogP contribution in [0.15, 0.2) is 24.3 Å². The minimum Gasteiger partial charge on any atom is -0.356 e. The minimum atomic E-state index is -0.362. The Hall–Kier alpha value is -1.66. The second-order valence-electron chi connectivity index (χ2n) is 5.85. The van der Waals surface area contributed by atoms with E-state index in [4.69, 9.17) is 0 Å². The molecule has 0 saturated carbocycles. The molecule has 2 amide bonds. The zero-order chi connectivity index (χ0) is 16.7. The van der Waals surface area contributed by atoms with Gasteiger partial charge in [-0.2, -0.15) is 0 Å². The Morgan fingerprint density at radius 2 is 1.96 bits per heavy atom. The summed E-state index contributed by atoms with van der Waals surface area (Å²) in [6, 6.07) is 5.53. The topological polar surface area (TPSA) is 61.4 Å². The highest BCUT2D eigenvalue weighted by Crippen LogP contribution is 2.19. The third kappa shape index (κ3) is 5.76. The number of benzene rings is 1. The van der Waals surface area contributed by atoms with Crippen molar-refractivity contribution in [3.63, 3.8) is 0 Å². The standard InChI is InChI=1S/C17H24FN3O2.ClH/c1-19-9-3-10-20-16(22)14-4-2-11-21(12-14)17(23)13-5-7-15(18)8-6-13;/h5-8,14,19H,2-4,9-12H2,1H3,(H,20,22);1H. The van der Waals surface area contributed by atoms with Gasteiger partial charge in [-0.3, -0.25) is 9.59 Å². The molecule has 1 aliphatic rings. The Bertz CT molecular complexity index is 539. The number of nitrogens with zero attached hydrogens (tertiary/aromatic N) is 1. The van der Waals surface area contributed by atoms with E-state index in [0.29, 0.717) is 25.2 Å². The molecule has 1 fully saturated rings. The summed E-state index contributed by atoms with van der Waals surface area (Å²) >= 11 is 0. The van der Waals surface area contributed by atoms with Crippen molar-refractivity contribution in [2.45, 2.75) is 19.3 Å². The first-order valence-corrected chi connectivity index (χ1v) is 8.09. The monoisotopic (exact) mass is 357 g/mol. The van der Waals surface area contributed by atoms with Gasteiger partial charge in [-0.05, 0) is 57.1 Å². The van der Waals surface area contributed by atoms with Crippen molar-refractivity contribution in [3.05, 3.63) is 35.6 Å². The summed E-state index contributed by atoms with van der Waals surface area (Å²) in [6.45, 7) is 2.57. The zero-order valence-electron chi connectivity index (χ0n) is 13.9. The van der Waals surface area contributed by atoms with Gasteiger partial charge in [0.05, 0.1) is 5.92 Å². The average Bonchev–Trinajstić information content (AvgIpc) is 2.59. The molecule has 0 radical (unpaired) electrons. The predicted octanol–water partition coefficient (Wildman–Crippen LogP) is 1.83. The van der Waals surface area contributed by atoms with Gasteiger partial charge in [0, 0.05) is 25.2 Å². The Kier molecular flexibility index (Phi) is 8.71. The molecular formula is C17H25ClFN3O2. The van der Waals surface area contributed by atoms with E-state index in [1.807, 2.05) is 7.05 Å². The number of carbonyl (C=O) groups is 2. The highest BCUT2D eigenvalue weighted by molar-refractivity contribution is 5.94. The van der Waals surface area contributed by atoms with Crippen molar-refractivity contribution in [1.29, 1.82) is 0 Å². The molecule has 1 unspecified atom stereocenters. The highest BCUT2D eigenvalue weighted by atomic mass is 35.5. The number of hydrogen-bond donors (Lipinski definition) is 2. The Labute approximate surface area is 148 Å². The molecule has 24 heavy (non-hydrogen) atoms. The molecule has 2 rings (SSSR count). The lowest BCUT2D eigenvalue weighted by molar-refractivity contribution is -0.126. The lowest BCUT2D eigenvalue weighted by Gasteiger charge is -2.32. The van der Waals surface area contributed by atoms with E-state index in [9.17, 15) is 14.0 Å². The van der Waals surface area contributed by atoms with E-state index in [-0.39, 0.29) is 36.0 Å². The molecule has 0 bridgehead atoms. The molecule has 1 aromatic rings. The molecule has 1 aliphatic heterocycles. The van der Waals surface area contributed by atoms with Gasteiger partial charge in [-0.1, -0.05) is 0 Å². The van der Waals surface area contributed by atoms with Gasteiger partial charge < -0.3 is 15.5 Å². The fraction of sp³-hybridized carbons (Fsp3) is 0.529. The van der Waals surface area contributed by atoms with Crippen LogP contribution in [0.4, 0.5) is 4.39 Å². The van der Waals surface area contributed by atoms with Gasteiger partial charge >= 0.3 is 0 Å². The lowest BCUT2D eigenvalue weighted by atomic mass is 9.96. The molecule has 0 spiro atoms. The summed E-state index contributed by atoms with van der Waals surface area (Å²) in [5.41, 5.74) is 0.460. The summed E-state index contributed by atoms with van der Waals surface area (Å²) in [7, 11) is 1.88. The molecule has 5 nitrogen and oxygen atoms in total. The van der Waals surface area contributed by atoms with Crippen molar-refractivity contribution in [2.24, 2.45) is 5.92 Å². The third-order valence-electron chi connectivity index (χ3n) is 4.07. The normalized spacial score (nSPS) is 17.1. The smallest absolute Gasteiger partial charge is 0.253 e. The van der Waals surface area contributed by atoms with Gasteiger partial charge in [0.15, 0.2) is 0 Å². The summed E-state index contributed by atoms with van der Waals surface area (Å²) in [6.07, 6.45) is 2.49. The largest absolute Gasteiger partial charge is 0.356 e. The van der Waals surface area contributed by atoms with Crippen LogP contribution in [-0.2, 0) is 4.79 Å². The van der Waals surface area contributed by atoms with Crippen molar-refractivity contribution in [3.8, 4) is 0 Å². The van der Waals surface area contributed by atoms with Gasteiger partial charge in [-0.25, -0.2) is 4.39 Å². The van der Waals surface area contributed by atoms with Crippen LogP contribution in [0.5, 0.6) is 0 Å². The Morgan fingerprint density at radius 3 is 2.62 bits per heavy atom. The molecule has 2 N–H and O–H groups in total. The second-order valence-corrected chi connectivity index (χ2v) is 5.85. The number of hydrogen-bond acceptors (Lipinski definition) is 3. The van der Waals surface area contributed by atoms with Crippen LogP contribution in [0.25, 0.3) is 0 Å². The minimum absolute atomic E-state index is 0. The maximum atomic E-state index is 13.0. The second kappa shape index (κ2) is 10.3. The highest BCUT2D eigenvalue weighted by Gasteiger charge is 2.28. The Balaban J connectivity index is 0.00000288. The van der Waals surface area contributed by atoms with E-state index in [1.165, 1.54) is 24.3 Å². The quantitative estimate of drug-likeness (QED) is 0.763. The van der Waals surface area contributed by atoms with E-state index < -0.39 is 0 Å². The van der Waals surface area contributed by atoms with Crippen molar-refractivity contribution >= 4 is 24.2 Å². The fourth-order valence-electron chi connectivity index (χ4n) is 2.77. The average molecular weight is 358 g/mol. The van der Waals surface area contributed by atoms with Crippen LogP contribution in [0, 0.1) is 11.7 Å². The van der Waals surface area contributed by atoms with Crippen molar-refractivity contribution < 1.29 is 14.0 Å². The first-order chi connectivity index (χ1) is 11.1. The van der Waals surface area contributed by atoms with Crippen LogP contribution in [-0.4, -0.2) is 49.9 Å². The molecule has 1 atom stereocenters. The first kappa shape index (κ1) is 20.4. The molecule has 1 saturated heterocycles. The maximum Gasteiger partial charge on any atom is 0.253 e. The number of rotatable bonds is 6. The van der Waals surface area contributed by atoms with Crippen LogP contribution < -0.4 is 10.6 Å². The molecule has 0 aliphatic carbocycles. The van der Waals surface area contributed by atoms with Gasteiger partial charge in [-0.15, -0.1) is 12.4 Å². The molecule has 1 heterocycles. The molecule has 0 aromatic heterocycles. The third-order valence-corrected chi connectivity index (χ3v) is 4.07. The van der Waals surface area contributed by atoms with Crippen LogP contribution in [0.2, 0.25) is 0 Å². The van der Waals surface area contributed by atoms with Crippen LogP contribution in [0.3, 0.4) is 0 Å². The van der Waals surface area contributed by atoms with Gasteiger partial charge in [0.2, 0.25) is 5.91 Å². The number of amides is 2. The van der Waals surface area contributed by atoms with Crippen molar-refractivity contribution in [2.75, 3.05) is 33.2 Å². The number of piperidine rings is 1. The molecule has 134 valence electrons. The van der Waals surface area contributed by atoms with Crippen LogP contribution in [0.1, 0.15) is 29.6 Å². The summed E-state index contributed by atoms with van der Waals surface area (Å²) < 4.78 is 13.0. The molecule has 1 aromatic carbocycles. The lowest BCUT2D eigenvalue weighted by Crippen LogP contribution is -2.45.